The van der Waals surface area contributed by atoms with Crippen LogP contribution in [-0.2, 0) is 4.79 Å². The number of carbonyl (C=O) groups is 1. The lowest BCUT2D eigenvalue weighted by molar-refractivity contribution is -0.138. The predicted octanol–water partition coefficient (Wildman–Crippen LogP) is 1.31. The standard InChI is InChI=1S/C11H13NO3/c12-10(11(13)14)8-3-1-2-4-9(8)15-7-5-6-7/h1-4,7,10H,5-6,12H2,(H,13,14). The molecule has 0 bridgehead atoms. The third-order valence-corrected chi connectivity index (χ3v) is 2.34. The SMILES string of the molecule is NC(C(=O)O)c1ccccc1OC1CC1. The fourth-order valence-electron chi connectivity index (χ4n) is 1.34. The third kappa shape index (κ3) is 2.27. The molecule has 1 saturated carbocycles. The van der Waals surface area contributed by atoms with Crippen molar-refractivity contribution < 1.29 is 14.6 Å². The first-order valence-electron chi connectivity index (χ1n) is 4.92. The molecule has 80 valence electrons. The van der Waals surface area contributed by atoms with E-state index in [9.17, 15) is 4.79 Å². The zero-order valence-corrected chi connectivity index (χ0v) is 8.22. The molecule has 0 amide bonds. The highest BCUT2D eigenvalue weighted by molar-refractivity contribution is 5.76. The summed E-state index contributed by atoms with van der Waals surface area (Å²) < 4.78 is 5.58. The van der Waals surface area contributed by atoms with E-state index in [1.165, 1.54) is 0 Å². The van der Waals surface area contributed by atoms with Crippen LogP contribution in [0, 0.1) is 0 Å². The molecule has 1 unspecified atom stereocenters. The maximum Gasteiger partial charge on any atom is 0.325 e. The first-order chi connectivity index (χ1) is 7.18. The van der Waals surface area contributed by atoms with Crippen molar-refractivity contribution in [3.8, 4) is 5.75 Å². The monoisotopic (exact) mass is 207 g/mol. The van der Waals surface area contributed by atoms with Crippen LogP contribution in [0.2, 0.25) is 0 Å². The zero-order valence-electron chi connectivity index (χ0n) is 8.22. The first-order valence-corrected chi connectivity index (χ1v) is 4.92. The molecule has 1 atom stereocenters. The van der Waals surface area contributed by atoms with Crippen molar-refractivity contribution in [3.05, 3.63) is 29.8 Å². The second-order valence-electron chi connectivity index (χ2n) is 3.67. The minimum absolute atomic E-state index is 0.243. The van der Waals surface area contributed by atoms with Gasteiger partial charge in [-0.25, -0.2) is 0 Å². The number of carboxylic acid groups (broad SMARTS) is 1. The van der Waals surface area contributed by atoms with Gasteiger partial charge in [-0.2, -0.15) is 0 Å². The fraction of sp³-hybridized carbons (Fsp3) is 0.364. The second kappa shape index (κ2) is 3.90. The van der Waals surface area contributed by atoms with Crippen molar-refractivity contribution in [2.45, 2.75) is 25.0 Å². The number of benzene rings is 1. The number of aliphatic carboxylic acids is 1. The van der Waals surface area contributed by atoms with Crippen LogP contribution < -0.4 is 10.5 Å². The molecule has 3 N–H and O–H groups in total. The van der Waals surface area contributed by atoms with Gasteiger partial charge < -0.3 is 15.6 Å². The summed E-state index contributed by atoms with van der Waals surface area (Å²) in [5, 5.41) is 8.83. The number of hydrogen-bond acceptors (Lipinski definition) is 3. The highest BCUT2D eigenvalue weighted by Gasteiger charge is 2.26. The predicted molar refractivity (Wildman–Crippen MR) is 54.7 cm³/mol. The van der Waals surface area contributed by atoms with Gasteiger partial charge in [-0.1, -0.05) is 18.2 Å². The third-order valence-electron chi connectivity index (χ3n) is 2.34. The van der Waals surface area contributed by atoms with Crippen LogP contribution in [0.25, 0.3) is 0 Å². The Morgan fingerprint density at radius 2 is 2.13 bits per heavy atom. The van der Waals surface area contributed by atoms with E-state index >= 15 is 0 Å². The minimum Gasteiger partial charge on any atom is -0.490 e. The Morgan fingerprint density at radius 1 is 1.47 bits per heavy atom. The van der Waals surface area contributed by atoms with Crippen molar-refractivity contribution in [3.63, 3.8) is 0 Å². The summed E-state index contributed by atoms with van der Waals surface area (Å²) in [6.07, 6.45) is 2.32. The maximum absolute atomic E-state index is 10.8. The molecule has 4 nitrogen and oxygen atoms in total. The van der Waals surface area contributed by atoms with E-state index < -0.39 is 12.0 Å². The highest BCUT2D eigenvalue weighted by atomic mass is 16.5. The number of hydrogen-bond donors (Lipinski definition) is 2. The molecular formula is C11H13NO3. The first kappa shape index (κ1) is 9.98. The van der Waals surface area contributed by atoms with E-state index in [4.69, 9.17) is 15.6 Å². The molecule has 0 spiro atoms. The van der Waals surface area contributed by atoms with Gasteiger partial charge in [0, 0.05) is 5.56 Å². The lowest BCUT2D eigenvalue weighted by Gasteiger charge is -2.13. The van der Waals surface area contributed by atoms with E-state index in [-0.39, 0.29) is 6.10 Å². The summed E-state index contributed by atoms with van der Waals surface area (Å²) in [5.74, 6) is -0.447. The van der Waals surface area contributed by atoms with Crippen molar-refractivity contribution in [1.29, 1.82) is 0 Å². The molecule has 15 heavy (non-hydrogen) atoms. The summed E-state index contributed by atoms with van der Waals surface area (Å²) in [6, 6.07) is 6.01. The van der Waals surface area contributed by atoms with Crippen molar-refractivity contribution >= 4 is 5.97 Å². The Hall–Kier alpha value is -1.55. The van der Waals surface area contributed by atoms with Gasteiger partial charge in [-0.15, -0.1) is 0 Å². The zero-order chi connectivity index (χ0) is 10.8. The van der Waals surface area contributed by atoms with Gasteiger partial charge in [0.25, 0.3) is 0 Å². The van der Waals surface area contributed by atoms with Gasteiger partial charge in [-0.3, -0.25) is 4.79 Å². The summed E-state index contributed by atoms with van der Waals surface area (Å²) in [6.45, 7) is 0. The average Bonchev–Trinajstić information content (AvgIpc) is 3.01. The Labute approximate surface area is 87.7 Å². The van der Waals surface area contributed by atoms with Gasteiger partial charge in [0.15, 0.2) is 0 Å². The topological polar surface area (TPSA) is 72.6 Å². The van der Waals surface area contributed by atoms with Gasteiger partial charge in [0.05, 0.1) is 6.10 Å². The number of carboxylic acids is 1. The Morgan fingerprint density at radius 3 is 2.73 bits per heavy atom. The molecular weight excluding hydrogens is 194 g/mol. The molecule has 4 heteroatoms. The number of nitrogens with two attached hydrogens (primary N) is 1. The van der Waals surface area contributed by atoms with Gasteiger partial charge in [0.2, 0.25) is 0 Å². The summed E-state index contributed by atoms with van der Waals surface area (Å²) >= 11 is 0. The molecule has 1 fully saturated rings. The Bertz CT molecular complexity index is 374. The number of ether oxygens (including phenoxy) is 1. The van der Waals surface area contributed by atoms with Crippen LogP contribution in [0.4, 0.5) is 0 Å². The van der Waals surface area contributed by atoms with Crippen molar-refractivity contribution in [2.24, 2.45) is 5.73 Å². The molecule has 1 aliphatic carbocycles. The summed E-state index contributed by atoms with van der Waals surface area (Å²) in [4.78, 5) is 10.8. The lowest BCUT2D eigenvalue weighted by Crippen LogP contribution is -2.21. The molecule has 1 aromatic carbocycles. The van der Waals surface area contributed by atoms with Crippen molar-refractivity contribution in [1.82, 2.24) is 0 Å². The largest absolute Gasteiger partial charge is 0.490 e. The van der Waals surface area contributed by atoms with Crippen LogP contribution in [0.15, 0.2) is 24.3 Å². The van der Waals surface area contributed by atoms with Gasteiger partial charge in [0.1, 0.15) is 11.8 Å². The Balaban J connectivity index is 2.23. The smallest absolute Gasteiger partial charge is 0.325 e. The van der Waals surface area contributed by atoms with Crippen LogP contribution in [-0.4, -0.2) is 17.2 Å². The molecule has 2 rings (SSSR count). The fourth-order valence-corrected chi connectivity index (χ4v) is 1.34. The number of para-hydroxylation sites is 1. The van der Waals surface area contributed by atoms with Crippen molar-refractivity contribution in [2.75, 3.05) is 0 Å². The molecule has 1 aromatic rings. The van der Waals surface area contributed by atoms with Crippen LogP contribution >= 0.6 is 0 Å². The average molecular weight is 207 g/mol. The summed E-state index contributed by atoms with van der Waals surface area (Å²) in [5.41, 5.74) is 6.09. The lowest BCUT2D eigenvalue weighted by atomic mass is 10.1. The highest BCUT2D eigenvalue weighted by Crippen LogP contribution is 2.31. The minimum atomic E-state index is -1.04. The summed E-state index contributed by atoms with van der Waals surface area (Å²) in [7, 11) is 0. The second-order valence-corrected chi connectivity index (χ2v) is 3.67. The normalized spacial score (nSPS) is 17.1. The molecule has 0 saturated heterocycles. The van der Waals surface area contributed by atoms with Crippen LogP contribution in [0.3, 0.4) is 0 Å². The molecule has 0 aliphatic heterocycles. The van der Waals surface area contributed by atoms with Gasteiger partial charge in [-0.05, 0) is 18.9 Å². The molecule has 1 aliphatic rings. The van der Waals surface area contributed by atoms with Gasteiger partial charge >= 0.3 is 5.97 Å². The maximum atomic E-state index is 10.8. The van der Waals surface area contributed by atoms with Crippen LogP contribution in [0.5, 0.6) is 5.75 Å². The number of rotatable bonds is 4. The van der Waals surface area contributed by atoms with E-state index in [0.717, 1.165) is 12.8 Å². The molecule has 0 heterocycles. The van der Waals surface area contributed by atoms with E-state index in [0.29, 0.717) is 11.3 Å². The van der Waals surface area contributed by atoms with E-state index in [1.54, 1.807) is 18.2 Å². The van der Waals surface area contributed by atoms with Crippen LogP contribution in [0.1, 0.15) is 24.4 Å². The molecule has 0 radical (unpaired) electrons. The quantitative estimate of drug-likeness (QED) is 0.780. The van der Waals surface area contributed by atoms with E-state index in [1.807, 2.05) is 6.07 Å². The van der Waals surface area contributed by atoms with E-state index in [2.05, 4.69) is 0 Å². The molecule has 0 aromatic heterocycles. The Kier molecular flexibility index (Phi) is 2.60.